The van der Waals surface area contributed by atoms with Crippen molar-refractivity contribution in [1.82, 2.24) is 10.6 Å². The van der Waals surface area contributed by atoms with Gasteiger partial charge in [-0.1, -0.05) is 18.2 Å². The number of carbonyl (C=O) groups is 1. The van der Waals surface area contributed by atoms with Crippen LogP contribution in [0.4, 0.5) is 4.79 Å². The zero-order valence-electron chi connectivity index (χ0n) is 10.8. The number of rotatable bonds is 6. The van der Waals surface area contributed by atoms with Crippen LogP contribution in [0.15, 0.2) is 24.3 Å². The van der Waals surface area contributed by atoms with E-state index in [1.54, 1.807) is 14.0 Å². The largest absolute Gasteiger partial charge is 0.496 e. The van der Waals surface area contributed by atoms with E-state index in [1.165, 1.54) is 0 Å². The topological polar surface area (TPSA) is 70.6 Å². The number of urea groups is 1. The van der Waals surface area contributed by atoms with Crippen LogP contribution in [-0.2, 0) is 6.42 Å². The van der Waals surface area contributed by atoms with E-state index in [-0.39, 0.29) is 12.6 Å². The van der Waals surface area contributed by atoms with E-state index < -0.39 is 6.10 Å². The van der Waals surface area contributed by atoms with Crippen molar-refractivity contribution in [3.8, 4) is 5.75 Å². The molecule has 0 aliphatic carbocycles. The maximum Gasteiger partial charge on any atom is 0.314 e. The number of hydrogen-bond donors (Lipinski definition) is 3. The number of ether oxygens (including phenoxy) is 1. The average Bonchev–Trinajstić information content (AvgIpc) is 2.37. The number of carbonyl (C=O) groups excluding carboxylic acids is 1. The van der Waals surface area contributed by atoms with Gasteiger partial charge in [0, 0.05) is 13.1 Å². The summed E-state index contributed by atoms with van der Waals surface area (Å²) in [4.78, 5) is 11.3. The third-order valence-electron chi connectivity index (χ3n) is 2.43. The molecule has 1 atom stereocenters. The van der Waals surface area contributed by atoms with E-state index in [4.69, 9.17) is 9.84 Å². The smallest absolute Gasteiger partial charge is 0.314 e. The Morgan fingerprint density at radius 1 is 1.39 bits per heavy atom. The second-order valence-corrected chi connectivity index (χ2v) is 4.05. The molecule has 2 amide bonds. The molecular formula is C13H20N2O3. The molecule has 18 heavy (non-hydrogen) atoms. The maximum atomic E-state index is 11.3. The van der Waals surface area contributed by atoms with E-state index in [2.05, 4.69) is 10.6 Å². The molecule has 0 aliphatic rings. The van der Waals surface area contributed by atoms with Crippen molar-refractivity contribution in [2.45, 2.75) is 19.4 Å². The highest BCUT2D eigenvalue weighted by molar-refractivity contribution is 5.73. The lowest BCUT2D eigenvalue weighted by Gasteiger charge is -2.10. The fourth-order valence-corrected chi connectivity index (χ4v) is 1.52. The van der Waals surface area contributed by atoms with Gasteiger partial charge in [0.1, 0.15) is 5.75 Å². The van der Waals surface area contributed by atoms with Crippen molar-refractivity contribution in [3.63, 3.8) is 0 Å². The van der Waals surface area contributed by atoms with E-state index >= 15 is 0 Å². The minimum atomic E-state index is -0.537. The van der Waals surface area contributed by atoms with Gasteiger partial charge in [-0.05, 0) is 25.0 Å². The summed E-state index contributed by atoms with van der Waals surface area (Å²) in [6, 6.07) is 7.43. The third-order valence-corrected chi connectivity index (χ3v) is 2.43. The lowest BCUT2D eigenvalue weighted by molar-refractivity contribution is 0.187. The fraction of sp³-hybridized carbons (Fsp3) is 0.462. The summed E-state index contributed by atoms with van der Waals surface area (Å²) in [6.45, 7) is 2.39. The van der Waals surface area contributed by atoms with Crippen LogP contribution < -0.4 is 15.4 Å². The fourth-order valence-electron chi connectivity index (χ4n) is 1.52. The molecule has 0 bridgehead atoms. The van der Waals surface area contributed by atoms with Crippen LogP contribution in [-0.4, -0.2) is 37.4 Å². The molecule has 5 nitrogen and oxygen atoms in total. The van der Waals surface area contributed by atoms with Crippen LogP contribution in [0.5, 0.6) is 5.75 Å². The second kappa shape index (κ2) is 7.55. The third kappa shape index (κ3) is 5.05. The van der Waals surface area contributed by atoms with Crippen molar-refractivity contribution in [1.29, 1.82) is 0 Å². The molecule has 100 valence electrons. The standard InChI is InChI=1S/C13H20N2O3/c1-10(16)9-15-13(17)14-8-7-11-5-3-4-6-12(11)18-2/h3-6,10,16H,7-9H2,1-2H3,(H2,14,15,17). The van der Waals surface area contributed by atoms with E-state index in [0.29, 0.717) is 13.0 Å². The molecule has 1 aromatic rings. The molecule has 0 heterocycles. The summed E-state index contributed by atoms with van der Waals surface area (Å²) in [6.07, 6.45) is 0.163. The van der Waals surface area contributed by atoms with Crippen molar-refractivity contribution < 1.29 is 14.6 Å². The lowest BCUT2D eigenvalue weighted by atomic mass is 10.1. The Bertz CT molecular complexity index is 380. The Morgan fingerprint density at radius 3 is 2.78 bits per heavy atom. The van der Waals surface area contributed by atoms with Crippen LogP contribution in [0.3, 0.4) is 0 Å². The van der Waals surface area contributed by atoms with Crippen molar-refractivity contribution in [2.75, 3.05) is 20.2 Å². The van der Waals surface area contributed by atoms with E-state index in [9.17, 15) is 4.79 Å². The first-order valence-electron chi connectivity index (χ1n) is 5.95. The number of benzene rings is 1. The quantitative estimate of drug-likeness (QED) is 0.705. The Morgan fingerprint density at radius 2 is 2.11 bits per heavy atom. The Hall–Kier alpha value is -1.75. The van der Waals surface area contributed by atoms with Gasteiger partial charge in [-0.15, -0.1) is 0 Å². The summed E-state index contributed by atoms with van der Waals surface area (Å²) < 4.78 is 5.22. The van der Waals surface area contributed by atoms with Gasteiger partial charge < -0.3 is 20.5 Å². The molecule has 0 radical (unpaired) electrons. The molecule has 1 rings (SSSR count). The van der Waals surface area contributed by atoms with Crippen molar-refractivity contribution >= 4 is 6.03 Å². The molecule has 0 spiro atoms. The predicted octanol–water partition coefficient (Wildman–Crippen LogP) is 0.918. The normalized spacial score (nSPS) is 11.7. The number of para-hydroxylation sites is 1. The van der Waals surface area contributed by atoms with Gasteiger partial charge in [-0.25, -0.2) is 4.79 Å². The van der Waals surface area contributed by atoms with E-state index in [0.717, 1.165) is 11.3 Å². The second-order valence-electron chi connectivity index (χ2n) is 4.05. The first-order valence-corrected chi connectivity index (χ1v) is 5.95. The molecule has 1 unspecified atom stereocenters. The van der Waals surface area contributed by atoms with Crippen LogP contribution in [0.1, 0.15) is 12.5 Å². The van der Waals surface area contributed by atoms with Gasteiger partial charge in [-0.2, -0.15) is 0 Å². The Kier molecular flexibility index (Phi) is 6.00. The summed E-state index contributed by atoms with van der Waals surface area (Å²) in [5, 5.41) is 14.3. The first kappa shape index (κ1) is 14.3. The first-order chi connectivity index (χ1) is 8.63. The van der Waals surface area contributed by atoms with Gasteiger partial charge in [0.05, 0.1) is 13.2 Å². The maximum absolute atomic E-state index is 11.3. The SMILES string of the molecule is COc1ccccc1CCNC(=O)NCC(C)O. The molecule has 0 saturated heterocycles. The number of aliphatic hydroxyl groups excluding tert-OH is 1. The molecular weight excluding hydrogens is 232 g/mol. The zero-order chi connectivity index (χ0) is 13.4. The van der Waals surface area contributed by atoms with Crippen LogP contribution in [0.2, 0.25) is 0 Å². The summed E-state index contributed by atoms with van der Waals surface area (Å²) >= 11 is 0. The number of amides is 2. The van der Waals surface area contributed by atoms with Gasteiger partial charge in [0.25, 0.3) is 0 Å². The van der Waals surface area contributed by atoms with Gasteiger partial charge in [0.15, 0.2) is 0 Å². The number of methoxy groups -OCH3 is 1. The van der Waals surface area contributed by atoms with Crippen LogP contribution >= 0.6 is 0 Å². The number of hydrogen-bond acceptors (Lipinski definition) is 3. The molecule has 0 aliphatic heterocycles. The molecule has 5 heteroatoms. The Balaban J connectivity index is 2.31. The highest BCUT2D eigenvalue weighted by atomic mass is 16.5. The Labute approximate surface area is 107 Å². The minimum absolute atomic E-state index is 0.250. The van der Waals surface area contributed by atoms with Crippen molar-refractivity contribution in [3.05, 3.63) is 29.8 Å². The summed E-state index contributed by atoms with van der Waals surface area (Å²) in [5.74, 6) is 0.823. The van der Waals surface area contributed by atoms with Crippen molar-refractivity contribution in [2.24, 2.45) is 0 Å². The highest BCUT2D eigenvalue weighted by Crippen LogP contribution is 2.16. The molecule has 0 aromatic heterocycles. The average molecular weight is 252 g/mol. The number of aliphatic hydroxyl groups is 1. The van der Waals surface area contributed by atoms with Crippen LogP contribution in [0.25, 0.3) is 0 Å². The van der Waals surface area contributed by atoms with Gasteiger partial charge in [0.2, 0.25) is 0 Å². The monoisotopic (exact) mass is 252 g/mol. The predicted molar refractivity (Wildman–Crippen MR) is 69.8 cm³/mol. The molecule has 0 saturated carbocycles. The van der Waals surface area contributed by atoms with E-state index in [1.807, 2.05) is 24.3 Å². The van der Waals surface area contributed by atoms with Gasteiger partial charge >= 0.3 is 6.03 Å². The molecule has 3 N–H and O–H groups in total. The zero-order valence-corrected chi connectivity index (χ0v) is 10.8. The minimum Gasteiger partial charge on any atom is -0.496 e. The summed E-state index contributed by atoms with van der Waals surface area (Å²) in [5.41, 5.74) is 1.05. The van der Waals surface area contributed by atoms with Crippen LogP contribution in [0, 0.1) is 0 Å². The molecule has 1 aromatic carbocycles. The number of nitrogens with one attached hydrogen (secondary N) is 2. The molecule has 0 fully saturated rings. The summed E-state index contributed by atoms with van der Waals surface area (Å²) in [7, 11) is 1.63. The lowest BCUT2D eigenvalue weighted by Crippen LogP contribution is -2.39. The highest BCUT2D eigenvalue weighted by Gasteiger charge is 2.04. The van der Waals surface area contributed by atoms with Gasteiger partial charge in [-0.3, -0.25) is 0 Å².